The molecule has 0 aliphatic carbocycles. The molecule has 1 aliphatic rings. The zero-order valence-electron chi connectivity index (χ0n) is 7.82. The molecule has 0 aromatic rings. The first kappa shape index (κ1) is 9.71. The van der Waals surface area contributed by atoms with E-state index in [4.69, 9.17) is 0 Å². The van der Waals surface area contributed by atoms with Crippen molar-refractivity contribution in [1.82, 2.24) is 0 Å². The van der Waals surface area contributed by atoms with Crippen molar-refractivity contribution < 1.29 is 9.90 Å². The van der Waals surface area contributed by atoms with Crippen LogP contribution in [-0.2, 0) is 4.79 Å². The largest absolute Gasteiger partial charge is 0.506 e. The van der Waals surface area contributed by atoms with Crippen molar-refractivity contribution in [2.75, 3.05) is 0 Å². The van der Waals surface area contributed by atoms with Gasteiger partial charge in [0.25, 0.3) is 0 Å². The van der Waals surface area contributed by atoms with Gasteiger partial charge in [0.05, 0.1) is 0 Å². The molecule has 1 unspecified atom stereocenters. The predicted molar refractivity (Wildman–Crippen MR) is 51.7 cm³/mol. The zero-order valence-corrected chi connectivity index (χ0v) is 7.82. The van der Waals surface area contributed by atoms with Crippen LogP contribution in [0.15, 0.2) is 29.1 Å². The van der Waals surface area contributed by atoms with Gasteiger partial charge in [0.2, 0.25) is 0 Å². The predicted octanol–water partition coefficient (Wildman–Crippen LogP) is 2.01. The molecule has 1 rings (SSSR count). The van der Waals surface area contributed by atoms with E-state index in [1.807, 2.05) is 13.0 Å². The molecule has 0 fully saturated rings. The molecular weight excluding hydrogens is 166 g/mol. The van der Waals surface area contributed by atoms with E-state index in [-0.39, 0.29) is 23.2 Å². The number of carbonyl (C=O) groups excluding carboxylic acids is 1. The fourth-order valence-electron chi connectivity index (χ4n) is 1.16. The van der Waals surface area contributed by atoms with Gasteiger partial charge in [-0.3, -0.25) is 4.79 Å². The van der Waals surface area contributed by atoms with E-state index < -0.39 is 0 Å². The van der Waals surface area contributed by atoms with E-state index in [1.54, 1.807) is 12.3 Å². The Balaban J connectivity index is 3.03. The van der Waals surface area contributed by atoms with Crippen LogP contribution in [0.25, 0.3) is 0 Å². The number of nitrogens with zero attached hydrogens (tertiary/aromatic N) is 1. The SMILES string of the molecule is CC(=O)C1=N/C=C/CC(C)/C=C\1O. The van der Waals surface area contributed by atoms with E-state index in [0.29, 0.717) is 0 Å². The molecule has 3 heteroatoms. The number of hydrogen-bond donors (Lipinski definition) is 1. The summed E-state index contributed by atoms with van der Waals surface area (Å²) in [7, 11) is 0. The molecule has 0 spiro atoms. The number of ketones is 1. The van der Waals surface area contributed by atoms with E-state index in [0.717, 1.165) is 6.42 Å². The Kier molecular flexibility index (Phi) is 3.01. The fraction of sp³-hybridized carbons (Fsp3) is 0.400. The van der Waals surface area contributed by atoms with E-state index >= 15 is 0 Å². The second kappa shape index (κ2) is 4.03. The molecule has 1 N–H and O–H groups in total. The van der Waals surface area contributed by atoms with Crippen LogP contribution in [0.1, 0.15) is 20.3 Å². The molecule has 0 saturated carbocycles. The van der Waals surface area contributed by atoms with Crippen LogP contribution in [-0.4, -0.2) is 16.6 Å². The van der Waals surface area contributed by atoms with Crippen LogP contribution in [0, 0.1) is 5.92 Å². The summed E-state index contributed by atoms with van der Waals surface area (Å²) in [5.74, 6) is 0.0120. The molecule has 0 saturated heterocycles. The molecule has 0 amide bonds. The topological polar surface area (TPSA) is 49.7 Å². The fourth-order valence-corrected chi connectivity index (χ4v) is 1.16. The Labute approximate surface area is 77.5 Å². The molecule has 0 aromatic carbocycles. The number of aliphatic hydroxyl groups excluding tert-OH is 1. The molecule has 3 nitrogen and oxygen atoms in total. The van der Waals surface area contributed by atoms with Crippen LogP contribution in [0.2, 0.25) is 0 Å². The van der Waals surface area contributed by atoms with Crippen molar-refractivity contribution in [2.24, 2.45) is 10.9 Å². The average molecular weight is 179 g/mol. The molecule has 0 aromatic heterocycles. The minimum absolute atomic E-state index is 0.00986. The summed E-state index contributed by atoms with van der Waals surface area (Å²) in [5, 5.41) is 9.49. The number of Topliss-reactive ketones (excluding diaryl/α,β-unsaturated/α-hetero) is 1. The normalized spacial score (nSPS) is 33.2. The van der Waals surface area contributed by atoms with Gasteiger partial charge in [-0.05, 0) is 18.4 Å². The summed E-state index contributed by atoms with van der Waals surface area (Å²) < 4.78 is 0. The number of hydrogen-bond acceptors (Lipinski definition) is 3. The zero-order chi connectivity index (χ0) is 9.84. The molecule has 1 heterocycles. The van der Waals surface area contributed by atoms with Crippen molar-refractivity contribution in [3.8, 4) is 0 Å². The quantitative estimate of drug-likeness (QED) is 0.669. The molecule has 0 bridgehead atoms. The van der Waals surface area contributed by atoms with Gasteiger partial charge in [-0.2, -0.15) is 0 Å². The van der Waals surface area contributed by atoms with Gasteiger partial charge in [0.15, 0.2) is 5.78 Å². The van der Waals surface area contributed by atoms with E-state index in [9.17, 15) is 9.90 Å². The maximum Gasteiger partial charge on any atom is 0.181 e. The minimum Gasteiger partial charge on any atom is -0.506 e. The van der Waals surface area contributed by atoms with Crippen molar-refractivity contribution in [3.63, 3.8) is 0 Å². The number of rotatable bonds is 1. The molecule has 70 valence electrons. The number of allylic oxidation sites excluding steroid dienone is 3. The number of carbonyl (C=O) groups is 1. The second-order valence-corrected chi connectivity index (χ2v) is 3.18. The molecule has 1 aliphatic heterocycles. The third-order valence-corrected chi connectivity index (χ3v) is 1.84. The lowest BCUT2D eigenvalue weighted by Crippen LogP contribution is -2.14. The lowest BCUT2D eigenvalue weighted by molar-refractivity contribution is -0.111. The average Bonchev–Trinajstić information content (AvgIpc) is 1.99. The van der Waals surface area contributed by atoms with Crippen molar-refractivity contribution in [2.45, 2.75) is 20.3 Å². The van der Waals surface area contributed by atoms with Crippen molar-refractivity contribution >= 4 is 11.5 Å². The molecule has 1 atom stereocenters. The van der Waals surface area contributed by atoms with Crippen LogP contribution >= 0.6 is 0 Å². The van der Waals surface area contributed by atoms with Crippen LogP contribution in [0.3, 0.4) is 0 Å². The summed E-state index contributed by atoms with van der Waals surface area (Å²) in [6, 6.07) is 0. The van der Waals surface area contributed by atoms with Gasteiger partial charge < -0.3 is 5.11 Å². The highest BCUT2D eigenvalue weighted by Crippen LogP contribution is 2.11. The Hall–Kier alpha value is -1.38. The second-order valence-electron chi connectivity index (χ2n) is 3.18. The van der Waals surface area contributed by atoms with Gasteiger partial charge in [0.1, 0.15) is 11.5 Å². The Morgan fingerprint density at radius 1 is 1.69 bits per heavy atom. The lowest BCUT2D eigenvalue weighted by Gasteiger charge is -2.07. The van der Waals surface area contributed by atoms with Crippen LogP contribution < -0.4 is 0 Å². The molecular formula is C10H13NO2. The standard InChI is InChI=1S/C10H13NO2/c1-7-4-3-5-11-10(8(2)12)9(13)6-7/h3,5-7,13H,4H2,1-2H3/b5-3+,9-6+,11-10-. The first-order chi connectivity index (χ1) is 6.11. The first-order valence-corrected chi connectivity index (χ1v) is 4.26. The third-order valence-electron chi connectivity index (χ3n) is 1.84. The maximum absolute atomic E-state index is 11.0. The summed E-state index contributed by atoms with van der Waals surface area (Å²) in [6.45, 7) is 3.37. The lowest BCUT2D eigenvalue weighted by atomic mass is 10.0. The highest BCUT2D eigenvalue weighted by atomic mass is 16.3. The van der Waals surface area contributed by atoms with Gasteiger partial charge in [-0.1, -0.05) is 13.0 Å². The van der Waals surface area contributed by atoms with E-state index in [1.165, 1.54) is 6.92 Å². The van der Waals surface area contributed by atoms with Crippen LogP contribution in [0.4, 0.5) is 0 Å². The highest BCUT2D eigenvalue weighted by Gasteiger charge is 2.12. The van der Waals surface area contributed by atoms with Crippen molar-refractivity contribution in [3.05, 3.63) is 24.1 Å². The summed E-state index contributed by atoms with van der Waals surface area (Å²) in [4.78, 5) is 14.9. The number of aliphatic imine (C=N–C) groups is 1. The van der Waals surface area contributed by atoms with Crippen molar-refractivity contribution in [1.29, 1.82) is 0 Å². The van der Waals surface area contributed by atoms with Gasteiger partial charge >= 0.3 is 0 Å². The monoisotopic (exact) mass is 179 g/mol. The molecule has 13 heavy (non-hydrogen) atoms. The highest BCUT2D eigenvalue weighted by molar-refractivity contribution is 6.44. The third kappa shape index (κ3) is 2.54. The summed E-state index contributed by atoms with van der Waals surface area (Å²) >= 11 is 0. The first-order valence-electron chi connectivity index (χ1n) is 4.26. The Morgan fingerprint density at radius 3 is 3.00 bits per heavy atom. The molecule has 0 radical (unpaired) electrons. The van der Waals surface area contributed by atoms with Gasteiger partial charge in [0, 0.05) is 13.1 Å². The maximum atomic E-state index is 11.0. The van der Waals surface area contributed by atoms with Gasteiger partial charge in [-0.15, -0.1) is 0 Å². The number of aliphatic hydroxyl groups is 1. The Bertz CT molecular complexity index is 300. The van der Waals surface area contributed by atoms with Crippen LogP contribution in [0.5, 0.6) is 0 Å². The van der Waals surface area contributed by atoms with E-state index in [2.05, 4.69) is 4.99 Å². The smallest absolute Gasteiger partial charge is 0.181 e. The minimum atomic E-state index is -0.215. The summed E-state index contributed by atoms with van der Waals surface area (Å²) in [6.07, 6.45) is 5.94. The van der Waals surface area contributed by atoms with Gasteiger partial charge in [-0.25, -0.2) is 4.99 Å². The summed E-state index contributed by atoms with van der Waals surface area (Å²) in [5.41, 5.74) is 0.141. The Morgan fingerprint density at radius 2 is 2.38 bits per heavy atom.